The highest BCUT2D eigenvalue weighted by Crippen LogP contribution is 2.25. The van der Waals surface area contributed by atoms with Gasteiger partial charge in [0.2, 0.25) is 5.91 Å². The number of nitrogens with one attached hydrogen (secondary N) is 1. The van der Waals surface area contributed by atoms with E-state index in [2.05, 4.69) is 35.6 Å². The van der Waals surface area contributed by atoms with Crippen LogP contribution in [0.3, 0.4) is 0 Å². The van der Waals surface area contributed by atoms with E-state index in [1.807, 2.05) is 19.1 Å². The molecule has 0 saturated heterocycles. The predicted molar refractivity (Wildman–Crippen MR) is 90.4 cm³/mol. The number of carbonyl (C=O) groups excluding carboxylic acids is 1. The molecule has 1 saturated carbocycles. The lowest BCUT2D eigenvalue weighted by molar-refractivity contribution is -0.126. The molecule has 1 amide bonds. The van der Waals surface area contributed by atoms with Crippen LogP contribution in [-0.2, 0) is 4.79 Å². The van der Waals surface area contributed by atoms with Gasteiger partial charge in [0.15, 0.2) is 0 Å². The Morgan fingerprint density at radius 2 is 1.95 bits per heavy atom. The zero-order valence-electron chi connectivity index (χ0n) is 13.1. The Labute approximate surface area is 131 Å². The van der Waals surface area contributed by atoms with E-state index in [1.165, 1.54) is 10.8 Å². The van der Waals surface area contributed by atoms with Crippen LogP contribution in [0.5, 0.6) is 0 Å². The molecule has 3 atom stereocenters. The molecule has 116 valence electrons. The molecule has 3 unspecified atom stereocenters. The third kappa shape index (κ3) is 3.30. The zero-order valence-corrected chi connectivity index (χ0v) is 13.1. The van der Waals surface area contributed by atoms with Crippen LogP contribution < -0.4 is 11.1 Å². The molecule has 22 heavy (non-hydrogen) atoms. The number of amides is 1. The summed E-state index contributed by atoms with van der Waals surface area (Å²) in [4.78, 5) is 12.4. The van der Waals surface area contributed by atoms with E-state index in [4.69, 9.17) is 5.73 Å². The molecule has 0 aliphatic heterocycles. The van der Waals surface area contributed by atoms with Crippen LogP contribution in [0.15, 0.2) is 42.5 Å². The summed E-state index contributed by atoms with van der Waals surface area (Å²) < 4.78 is 0. The van der Waals surface area contributed by atoms with Gasteiger partial charge in [0.25, 0.3) is 0 Å². The van der Waals surface area contributed by atoms with Crippen molar-refractivity contribution in [2.24, 2.45) is 11.7 Å². The van der Waals surface area contributed by atoms with E-state index in [1.54, 1.807) is 0 Å². The summed E-state index contributed by atoms with van der Waals surface area (Å²) in [5.41, 5.74) is 7.13. The molecule has 3 heteroatoms. The minimum absolute atomic E-state index is 0.0234. The third-order valence-corrected chi connectivity index (χ3v) is 4.72. The molecule has 1 aliphatic rings. The SMILES string of the molecule is CC(NC(=O)C1CCCC(N)C1)c1ccc2ccccc2c1. The van der Waals surface area contributed by atoms with Gasteiger partial charge in [-0.3, -0.25) is 4.79 Å². The number of benzene rings is 2. The van der Waals surface area contributed by atoms with Gasteiger partial charge >= 0.3 is 0 Å². The fourth-order valence-corrected chi connectivity index (χ4v) is 3.36. The predicted octanol–water partition coefficient (Wildman–Crippen LogP) is 3.53. The molecule has 2 aromatic rings. The van der Waals surface area contributed by atoms with Gasteiger partial charge in [-0.1, -0.05) is 42.8 Å². The molecule has 3 N–H and O–H groups in total. The van der Waals surface area contributed by atoms with E-state index in [-0.39, 0.29) is 23.9 Å². The molecule has 0 radical (unpaired) electrons. The maximum Gasteiger partial charge on any atom is 0.223 e. The third-order valence-electron chi connectivity index (χ3n) is 4.72. The second-order valence-corrected chi connectivity index (χ2v) is 6.46. The number of hydrogen-bond donors (Lipinski definition) is 2. The fraction of sp³-hybridized carbons (Fsp3) is 0.421. The van der Waals surface area contributed by atoms with Crippen molar-refractivity contribution < 1.29 is 4.79 Å². The normalized spacial score (nSPS) is 23.2. The molecule has 0 spiro atoms. The highest BCUT2D eigenvalue weighted by molar-refractivity contribution is 5.83. The summed E-state index contributed by atoms with van der Waals surface area (Å²) in [6.07, 6.45) is 3.88. The lowest BCUT2D eigenvalue weighted by atomic mass is 9.85. The second-order valence-electron chi connectivity index (χ2n) is 6.46. The van der Waals surface area contributed by atoms with Gasteiger partial charge in [-0.05, 0) is 48.6 Å². The molecule has 1 fully saturated rings. The Bertz CT molecular complexity index is 667. The Morgan fingerprint density at radius 3 is 2.73 bits per heavy atom. The minimum atomic E-state index is 0.0234. The van der Waals surface area contributed by atoms with E-state index < -0.39 is 0 Å². The van der Waals surface area contributed by atoms with Crippen molar-refractivity contribution in [2.75, 3.05) is 0 Å². The number of fused-ring (bicyclic) bond motifs is 1. The Hall–Kier alpha value is -1.87. The molecule has 0 aromatic heterocycles. The maximum absolute atomic E-state index is 12.4. The van der Waals surface area contributed by atoms with Crippen molar-refractivity contribution in [3.63, 3.8) is 0 Å². The fourth-order valence-electron chi connectivity index (χ4n) is 3.36. The molecule has 2 aromatic carbocycles. The van der Waals surface area contributed by atoms with E-state index in [0.717, 1.165) is 31.2 Å². The zero-order chi connectivity index (χ0) is 15.5. The highest BCUT2D eigenvalue weighted by atomic mass is 16.1. The van der Waals surface area contributed by atoms with Gasteiger partial charge in [0.05, 0.1) is 6.04 Å². The van der Waals surface area contributed by atoms with E-state index >= 15 is 0 Å². The molecule has 0 bridgehead atoms. The topological polar surface area (TPSA) is 55.1 Å². The molecule has 3 nitrogen and oxygen atoms in total. The maximum atomic E-state index is 12.4. The first-order chi connectivity index (χ1) is 10.6. The summed E-state index contributed by atoms with van der Waals surface area (Å²) >= 11 is 0. The van der Waals surface area contributed by atoms with Crippen molar-refractivity contribution >= 4 is 16.7 Å². The molecule has 1 aliphatic carbocycles. The lowest BCUT2D eigenvalue weighted by Gasteiger charge is -2.27. The summed E-state index contributed by atoms with van der Waals surface area (Å²) in [5.74, 6) is 0.225. The number of nitrogens with two attached hydrogens (primary N) is 1. The van der Waals surface area contributed by atoms with Crippen LogP contribution in [0.25, 0.3) is 10.8 Å². The molecule has 0 heterocycles. The Morgan fingerprint density at radius 1 is 1.18 bits per heavy atom. The van der Waals surface area contributed by atoms with Crippen LogP contribution in [0.1, 0.15) is 44.2 Å². The number of rotatable bonds is 3. The second kappa shape index (κ2) is 6.49. The smallest absolute Gasteiger partial charge is 0.223 e. The monoisotopic (exact) mass is 296 g/mol. The van der Waals surface area contributed by atoms with Crippen molar-refractivity contribution in [3.05, 3.63) is 48.0 Å². The Kier molecular flexibility index (Phi) is 4.44. The standard InChI is InChI=1S/C19H24N2O/c1-13(21-19(22)17-7-4-8-18(20)12-17)15-10-9-14-5-2-3-6-16(14)11-15/h2-3,5-6,9-11,13,17-18H,4,7-8,12,20H2,1H3,(H,21,22). The van der Waals surface area contributed by atoms with Gasteiger partial charge < -0.3 is 11.1 Å². The minimum Gasteiger partial charge on any atom is -0.349 e. The first kappa shape index (κ1) is 15.0. The van der Waals surface area contributed by atoms with Crippen LogP contribution >= 0.6 is 0 Å². The van der Waals surface area contributed by atoms with Crippen molar-refractivity contribution in [1.29, 1.82) is 0 Å². The number of hydrogen-bond acceptors (Lipinski definition) is 2. The van der Waals surface area contributed by atoms with Crippen molar-refractivity contribution in [3.8, 4) is 0 Å². The van der Waals surface area contributed by atoms with Crippen LogP contribution in [0, 0.1) is 5.92 Å². The summed E-state index contributed by atoms with van der Waals surface area (Å²) in [5, 5.41) is 5.59. The van der Waals surface area contributed by atoms with E-state index in [9.17, 15) is 4.79 Å². The highest BCUT2D eigenvalue weighted by Gasteiger charge is 2.26. The van der Waals surface area contributed by atoms with Crippen molar-refractivity contribution in [2.45, 2.75) is 44.7 Å². The quantitative estimate of drug-likeness (QED) is 0.910. The largest absolute Gasteiger partial charge is 0.349 e. The Balaban J connectivity index is 1.69. The van der Waals surface area contributed by atoms with Gasteiger partial charge in [-0.15, -0.1) is 0 Å². The molecular weight excluding hydrogens is 272 g/mol. The average molecular weight is 296 g/mol. The lowest BCUT2D eigenvalue weighted by Crippen LogP contribution is -2.38. The first-order valence-electron chi connectivity index (χ1n) is 8.18. The van der Waals surface area contributed by atoms with Crippen LogP contribution in [0.4, 0.5) is 0 Å². The number of carbonyl (C=O) groups is 1. The molecule has 3 rings (SSSR count). The van der Waals surface area contributed by atoms with Crippen LogP contribution in [0.2, 0.25) is 0 Å². The van der Waals surface area contributed by atoms with Gasteiger partial charge in [0, 0.05) is 12.0 Å². The summed E-state index contributed by atoms with van der Waals surface area (Å²) in [7, 11) is 0. The molecular formula is C19H24N2O. The summed E-state index contributed by atoms with van der Waals surface area (Å²) in [6.45, 7) is 2.05. The van der Waals surface area contributed by atoms with Gasteiger partial charge in [0.1, 0.15) is 0 Å². The first-order valence-corrected chi connectivity index (χ1v) is 8.18. The van der Waals surface area contributed by atoms with Gasteiger partial charge in [-0.2, -0.15) is 0 Å². The average Bonchev–Trinajstić information content (AvgIpc) is 2.54. The van der Waals surface area contributed by atoms with Crippen LogP contribution in [-0.4, -0.2) is 11.9 Å². The van der Waals surface area contributed by atoms with Crippen molar-refractivity contribution in [1.82, 2.24) is 5.32 Å². The van der Waals surface area contributed by atoms with E-state index in [0.29, 0.717) is 0 Å². The van der Waals surface area contributed by atoms with Gasteiger partial charge in [-0.25, -0.2) is 0 Å². The summed E-state index contributed by atoms with van der Waals surface area (Å²) in [6, 6.07) is 14.9.